The fourth-order valence-corrected chi connectivity index (χ4v) is 3.02. The first-order chi connectivity index (χ1) is 7.74. The summed E-state index contributed by atoms with van der Waals surface area (Å²) in [6.45, 7) is 1.67. The summed E-state index contributed by atoms with van der Waals surface area (Å²) in [6, 6.07) is 6.51. The number of ether oxygens (including phenoxy) is 1. The molecule has 0 radical (unpaired) electrons. The van der Waals surface area contributed by atoms with E-state index in [4.69, 9.17) is 16.3 Å². The van der Waals surface area contributed by atoms with Gasteiger partial charge in [0, 0.05) is 35.3 Å². The lowest BCUT2D eigenvalue weighted by atomic mass is 10.1. The van der Waals surface area contributed by atoms with Gasteiger partial charge in [0.05, 0.1) is 12.6 Å². The summed E-state index contributed by atoms with van der Waals surface area (Å²) in [5, 5.41) is 1.60. The van der Waals surface area contributed by atoms with Gasteiger partial charge in [0.15, 0.2) is 0 Å². The van der Waals surface area contributed by atoms with Gasteiger partial charge >= 0.3 is 0 Å². The highest BCUT2D eigenvalue weighted by Gasteiger charge is 2.22. The van der Waals surface area contributed by atoms with Crippen LogP contribution in [0, 0.1) is 0 Å². The minimum atomic E-state index is 0.469. The Morgan fingerprint density at radius 2 is 2.38 bits per heavy atom. The van der Waals surface area contributed by atoms with Crippen LogP contribution in [0.15, 0.2) is 18.2 Å². The largest absolute Gasteiger partial charge is 0.379 e. The second kappa shape index (κ2) is 5.39. The smallest absolute Gasteiger partial charge is 0.0670 e. The van der Waals surface area contributed by atoms with Crippen LogP contribution < -0.4 is 4.90 Å². The molecule has 1 aromatic carbocycles. The molecule has 88 valence electrons. The van der Waals surface area contributed by atoms with Gasteiger partial charge in [-0.15, -0.1) is 0 Å². The van der Waals surface area contributed by atoms with Gasteiger partial charge in [0.2, 0.25) is 0 Å². The average Bonchev–Trinajstić information content (AvgIpc) is 2.81. The van der Waals surface area contributed by atoms with E-state index in [2.05, 4.69) is 33.9 Å². The van der Waals surface area contributed by atoms with Crippen molar-refractivity contribution in [2.24, 2.45) is 0 Å². The number of likely N-dealkylation sites (N-methyl/N-ethyl adjacent to an activating group) is 1. The second-order valence-electron chi connectivity index (χ2n) is 4.00. The summed E-state index contributed by atoms with van der Waals surface area (Å²) in [5.41, 5.74) is 2.35. The highest BCUT2D eigenvalue weighted by atomic mass is 79.9. The average molecular weight is 305 g/mol. The molecule has 1 aliphatic rings. The molecule has 2 nitrogen and oxygen atoms in total. The van der Waals surface area contributed by atoms with Crippen molar-refractivity contribution in [1.82, 2.24) is 0 Å². The normalized spacial score (nSPS) is 20.1. The van der Waals surface area contributed by atoms with Crippen molar-refractivity contribution in [1.29, 1.82) is 0 Å². The molecule has 1 heterocycles. The van der Waals surface area contributed by atoms with Crippen molar-refractivity contribution in [3.8, 4) is 0 Å². The van der Waals surface area contributed by atoms with E-state index in [1.54, 1.807) is 0 Å². The third kappa shape index (κ3) is 2.36. The molecule has 4 heteroatoms. The molecule has 0 spiro atoms. The van der Waals surface area contributed by atoms with Crippen LogP contribution in [0.3, 0.4) is 0 Å². The van der Waals surface area contributed by atoms with Gasteiger partial charge in [-0.3, -0.25) is 0 Å². The summed E-state index contributed by atoms with van der Waals surface area (Å²) < 4.78 is 5.42. The molecule has 0 saturated carbocycles. The Balaban J connectivity index is 2.27. The molecule has 1 unspecified atom stereocenters. The molecule has 0 aliphatic carbocycles. The lowest BCUT2D eigenvalue weighted by Crippen LogP contribution is -2.32. The molecule has 1 aliphatic heterocycles. The molecular formula is C12H15BrClNO. The van der Waals surface area contributed by atoms with E-state index in [0.717, 1.165) is 35.6 Å². The maximum absolute atomic E-state index is 6.19. The molecule has 1 saturated heterocycles. The first kappa shape index (κ1) is 12.2. The minimum Gasteiger partial charge on any atom is -0.379 e. The van der Waals surface area contributed by atoms with Crippen molar-refractivity contribution >= 4 is 33.2 Å². The van der Waals surface area contributed by atoms with E-state index < -0.39 is 0 Å². The summed E-state index contributed by atoms with van der Waals surface area (Å²) in [5.74, 6) is 0. The maximum atomic E-state index is 6.19. The SMILES string of the molecule is CN(c1cccc(Cl)c1CBr)C1CCOC1. The van der Waals surface area contributed by atoms with E-state index in [-0.39, 0.29) is 0 Å². The maximum Gasteiger partial charge on any atom is 0.0670 e. The van der Waals surface area contributed by atoms with E-state index in [1.165, 1.54) is 5.69 Å². The third-order valence-electron chi connectivity index (χ3n) is 3.06. The number of benzene rings is 1. The molecule has 0 aromatic heterocycles. The highest BCUT2D eigenvalue weighted by molar-refractivity contribution is 9.08. The lowest BCUT2D eigenvalue weighted by Gasteiger charge is -2.27. The van der Waals surface area contributed by atoms with Crippen molar-refractivity contribution in [2.75, 3.05) is 25.2 Å². The zero-order chi connectivity index (χ0) is 11.5. The van der Waals surface area contributed by atoms with Gasteiger partial charge in [-0.05, 0) is 18.6 Å². The number of anilines is 1. The van der Waals surface area contributed by atoms with Crippen LogP contribution in [0.5, 0.6) is 0 Å². The first-order valence-electron chi connectivity index (χ1n) is 5.38. The number of hydrogen-bond donors (Lipinski definition) is 0. The van der Waals surface area contributed by atoms with Gasteiger partial charge in [-0.25, -0.2) is 0 Å². The summed E-state index contributed by atoms with van der Waals surface area (Å²) in [6.07, 6.45) is 1.09. The Hall–Kier alpha value is -0.250. The van der Waals surface area contributed by atoms with Crippen LogP contribution >= 0.6 is 27.5 Å². The lowest BCUT2D eigenvalue weighted by molar-refractivity contribution is 0.193. The molecule has 1 atom stereocenters. The molecule has 1 aromatic rings. The number of nitrogens with zero attached hydrogens (tertiary/aromatic N) is 1. The number of alkyl halides is 1. The first-order valence-corrected chi connectivity index (χ1v) is 6.88. The topological polar surface area (TPSA) is 12.5 Å². The number of rotatable bonds is 3. The zero-order valence-electron chi connectivity index (χ0n) is 9.25. The monoisotopic (exact) mass is 303 g/mol. The number of halogens is 2. The highest BCUT2D eigenvalue weighted by Crippen LogP contribution is 2.31. The van der Waals surface area contributed by atoms with E-state index >= 15 is 0 Å². The zero-order valence-corrected chi connectivity index (χ0v) is 11.6. The van der Waals surface area contributed by atoms with Gasteiger partial charge in [0.1, 0.15) is 0 Å². The van der Waals surface area contributed by atoms with Crippen molar-refractivity contribution in [3.63, 3.8) is 0 Å². The summed E-state index contributed by atoms with van der Waals surface area (Å²) >= 11 is 9.69. The van der Waals surface area contributed by atoms with Gasteiger partial charge < -0.3 is 9.64 Å². The van der Waals surface area contributed by atoms with Crippen LogP contribution in [0.25, 0.3) is 0 Å². The molecule has 0 amide bonds. The molecule has 0 N–H and O–H groups in total. The Morgan fingerprint density at radius 3 is 3.00 bits per heavy atom. The van der Waals surface area contributed by atoms with Crippen molar-refractivity contribution < 1.29 is 4.74 Å². The van der Waals surface area contributed by atoms with Crippen molar-refractivity contribution in [3.05, 3.63) is 28.8 Å². The van der Waals surface area contributed by atoms with Crippen LogP contribution in [0.1, 0.15) is 12.0 Å². The van der Waals surface area contributed by atoms with E-state index in [9.17, 15) is 0 Å². The molecule has 2 rings (SSSR count). The van der Waals surface area contributed by atoms with Gasteiger partial charge in [-0.2, -0.15) is 0 Å². The number of hydrogen-bond acceptors (Lipinski definition) is 2. The molecular weight excluding hydrogens is 289 g/mol. The summed E-state index contributed by atoms with van der Waals surface area (Å²) in [7, 11) is 2.11. The standard InChI is InChI=1S/C12H15BrClNO/c1-15(9-5-6-16-8-9)12-4-2-3-11(14)10(12)7-13/h2-4,9H,5-8H2,1H3. The Bertz CT molecular complexity index is 366. The van der Waals surface area contributed by atoms with E-state index in [0.29, 0.717) is 6.04 Å². The third-order valence-corrected chi connectivity index (χ3v) is 3.98. The second-order valence-corrected chi connectivity index (χ2v) is 4.97. The predicted octanol–water partition coefficient (Wildman–Crippen LogP) is 3.46. The van der Waals surface area contributed by atoms with Gasteiger partial charge in [0.25, 0.3) is 0 Å². The van der Waals surface area contributed by atoms with E-state index in [1.807, 2.05) is 12.1 Å². The Kier molecular flexibility index (Phi) is 4.11. The molecule has 0 bridgehead atoms. The predicted molar refractivity (Wildman–Crippen MR) is 71.7 cm³/mol. The fraction of sp³-hybridized carbons (Fsp3) is 0.500. The van der Waals surface area contributed by atoms with Crippen molar-refractivity contribution in [2.45, 2.75) is 17.8 Å². The van der Waals surface area contributed by atoms with Crippen LogP contribution in [-0.4, -0.2) is 26.3 Å². The Morgan fingerprint density at radius 1 is 1.56 bits per heavy atom. The summed E-state index contributed by atoms with van der Waals surface area (Å²) in [4.78, 5) is 2.27. The van der Waals surface area contributed by atoms with Crippen LogP contribution in [0.4, 0.5) is 5.69 Å². The van der Waals surface area contributed by atoms with Gasteiger partial charge in [-0.1, -0.05) is 33.6 Å². The quantitative estimate of drug-likeness (QED) is 0.793. The molecule has 1 fully saturated rings. The minimum absolute atomic E-state index is 0.469. The fourth-order valence-electron chi connectivity index (χ4n) is 2.03. The molecule has 16 heavy (non-hydrogen) atoms. The Labute approximate surface area is 110 Å². The van der Waals surface area contributed by atoms with Crippen LogP contribution in [-0.2, 0) is 10.1 Å². The van der Waals surface area contributed by atoms with Crippen LogP contribution in [0.2, 0.25) is 5.02 Å².